The van der Waals surface area contributed by atoms with Crippen LogP contribution in [0.5, 0.6) is 0 Å². The molecule has 0 aliphatic rings. The summed E-state index contributed by atoms with van der Waals surface area (Å²) >= 11 is 0. The van der Waals surface area contributed by atoms with Gasteiger partial charge in [-0.3, -0.25) is 0 Å². The smallest absolute Gasteiger partial charge is 0.211 e. The molecule has 1 rings (SSSR count). The molecular formula is C15H31N3O2S. The third-order valence-electron chi connectivity index (χ3n) is 3.13. The van der Waals surface area contributed by atoms with Gasteiger partial charge in [0.1, 0.15) is 5.82 Å². The van der Waals surface area contributed by atoms with Crippen molar-refractivity contribution in [2.24, 2.45) is 0 Å². The average Bonchev–Trinajstić information content (AvgIpc) is 2.60. The number of hydrogen-bond acceptors (Lipinski definition) is 3. The van der Waals surface area contributed by atoms with E-state index < -0.39 is 15.6 Å². The third-order valence-corrected chi connectivity index (χ3v) is 4.66. The highest BCUT2D eigenvalue weighted by Gasteiger charge is 2.29. The summed E-state index contributed by atoms with van der Waals surface area (Å²) in [5.41, 5.74) is -0.476. The fraction of sp³-hybridized carbons (Fsp3) is 0.800. The van der Waals surface area contributed by atoms with Crippen molar-refractivity contribution in [3.63, 3.8) is 0 Å². The SMILES string of the molecule is C.CC(C)(C)N(CCc1nccn1C(C)(C)C)S(C)(=O)=O. The number of rotatable bonds is 4. The first-order valence-electron chi connectivity index (χ1n) is 6.84. The predicted molar refractivity (Wildman–Crippen MR) is 89.0 cm³/mol. The third kappa shape index (κ3) is 5.43. The molecule has 5 nitrogen and oxygen atoms in total. The minimum atomic E-state index is -3.23. The first-order chi connectivity index (χ1) is 8.83. The second kappa shape index (κ2) is 6.48. The predicted octanol–water partition coefficient (Wildman–Crippen LogP) is 2.88. The molecule has 6 heteroatoms. The van der Waals surface area contributed by atoms with Gasteiger partial charge in [0.05, 0.1) is 6.26 Å². The Morgan fingerprint density at radius 3 is 2.10 bits per heavy atom. The Morgan fingerprint density at radius 2 is 1.71 bits per heavy atom. The Kier molecular flexibility index (Phi) is 6.21. The number of aromatic nitrogens is 2. The maximum atomic E-state index is 11.9. The van der Waals surface area contributed by atoms with Crippen LogP contribution in [-0.2, 0) is 22.0 Å². The van der Waals surface area contributed by atoms with Gasteiger partial charge >= 0.3 is 0 Å². The molecule has 0 saturated carbocycles. The van der Waals surface area contributed by atoms with Crippen LogP contribution in [0.1, 0.15) is 54.8 Å². The van der Waals surface area contributed by atoms with Crippen LogP contribution in [0.25, 0.3) is 0 Å². The number of imidazole rings is 1. The molecule has 0 saturated heterocycles. The first kappa shape index (κ1) is 20.1. The molecule has 0 amide bonds. The van der Waals surface area contributed by atoms with E-state index in [4.69, 9.17) is 0 Å². The highest BCUT2D eigenvalue weighted by molar-refractivity contribution is 7.88. The molecule has 1 aromatic rings. The summed E-state index contributed by atoms with van der Waals surface area (Å²) in [7, 11) is -3.23. The van der Waals surface area contributed by atoms with Gasteiger partial charge in [-0.1, -0.05) is 7.43 Å². The van der Waals surface area contributed by atoms with Crippen LogP contribution in [0.4, 0.5) is 0 Å². The first-order valence-corrected chi connectivity index (χ1v) is 8.69. The zero-order valence-corrected chi connectivity index (χ0v) is 14.5. The van der Waals surface area contributed by atoms with Gasteiger partial charge in [0.2, 0.25) is 10.0 Å². The number of sulfonamides is 1. The lowest BCUT2D eigenvalue weighted by atomic mass is 10.1. The van der Waals surface area contributed by atoms with E-state index in [2.05, 4.69) is 30.3 Å². The molecule has 1 aromatic heterocycles. The average molecular weight is 317 g/mol. The minimum absolute atomic E-state index is 0. The molecule has 0 N–H and O–H groups in total. The molecule has 0 radical (unpaired) electrons. The van der Waals surface area contributed by atoms with Crippen LogP contribution in [0.2, 0.25) is 0 Å². The van der Waals surface area contributed by atoms with E-state index in [0.29, 0.717) is 13.0 Å². The fourth-order valence-electron chi connectivity index (χ4n) is 2.33. The molecular weight excluding hydrogens is 286 g/mol. The number of hydrogen-bond donors (Lipinski definition) is 0. The largest absolute Gasteiger partial charge is 0.330 e. The van der Waals surface area contributed by atoms with E-state index in [1.54, 1.807) is 6.20 Å². The quantitative estimate of drug-likeness (QED) is 0.858. The summed E-state index contributed by atoms with van der Waals surface area (Å²) in [6, 6.07) is 0. The van der Waals surface area contributed by atoms with Crippen molar-refractivity contribution in [1.29, 1.82) is 0 Å². The Labute approximate surface area is 130 Å². The Morgan fingerprint density at radius 1 is 1.19 bits per heavy atom. The topological polar surface area (TPSA) is 55.2 Å². The maximum Gasteiger partial charge on any atom is 0.211 e. The summed E-state index contributed by atoms with van der Waals surface area (Å²) in [6.45, 7) is 12.5. The van der Waals surface area contributed by atoms with Crippen LogP contribution >= 0.6 is 0 Å². The molecule has 0 atom stereocenters. The Balaban J connectivity index is 0.00000400. The molecule has 0 spiro atoms. The van der Waals surface area contributed by atoms with Crippen molar-refractivity contribution in [3.05, 3.63) is 18.2 Å². The van der Waals surface area contributed by atoms with Crippen LogP contribution in [-0.4, -0.2) is 40.6 Å². The highest BCUT2D eigenvalue weighted by atomic mass is 32.2. The minimum Gasteiger partial charge on any atom is -0.330 e. The summed E-state index contributed by atoms with van der Waals surface area (Å²) in [5.74, 6) is 0.912. The molecule has 0 aliphatic carbocycles. The van der Waals surface area contributed by atoms with Gasteiger partial charge in [0, 0.05) is 36.4 Å². The monoisotopic (exact) mass is 317 g/mol. The zero-order valence-electron chi connectivity index (χ0n) is 13.6. The fourth-order valence-corrected chi connectivity index (χ4v) is 3.75. The Bertz CT molecular complexity index is 548. The summed E-state index contributed by atoms with van der Waals surface area (Å²) in [5, 5.41) is 0. The lowest BCUT2D eigenvalue weighted by Crippen LogP contribution is -2.46. The van der Waals surface area contributed by atoms with Gasteiger partial charge in [-0.05, 0) is 41.5 Å². The van der Waals surface area contributed by atoms with Crippen LogP contribution in [0.3, 0.4) is 0 Å². The normalized spacial score (nSPS) is 13.3. The molecule has 0 bridgehead atoms. The second-order valence-electron chi connectivity index (χ2n) is 7.14. The van der Waals surface area contributed by atoms with Gasteiger partial charge < -0.3 is 4.57 Å². The molecule has 1 heterocycles. The Hall–Kier alpha value is -0.880. The summed E-state index contributed by atoms with van der Waals surface area (Å²) in [6.07, 6.45) is 5.57. The zero-order chi connectivity index (χ0) is 15.8. The van der Waals surface area contributed by atoms with Crippen molar-refractivity contribution >= 4 is 10.0 Å². The van der Waals surface area contributed by atoms with E-state index in [1.807, 2.05) is 27.0 Å². The van der Waals surface area contributed by atoms with Gasteiger partial charge in [-0.15, -0.1) is 0 Å². The molecule has 21 heavy (non-hydrogen) atoms. The van der Waals surface area contributed by atoms with Crippen molar-refractivity contribution < 1.29 is 8.42 Å². The van der Waals surface area contributed by atoms with E-state index in [1.165, 1.54) is 10.6 Å². The van der Waals surface area contributed by atoms with Crippen molar-refractivity contribution in [1.82, 2.24) is 13.9 Å². The molecule has 0 aromatic carbocycles. The lowest BCUT2D eigenvalue weighted by Gasteiger charge is -2.33. The standard InChI is InChI=1S/C14H27N3O2S.CH4/c1-13(2,3)16-11-9-15-12(16)8-10-17(14(4,5)6)20(7,18)19;/h9,11H,8,10H2,1-7H3;1H4. The van der Waals surface area contributed by atoms with Crippen molar-refractivity contribution in [2.45, 2.75) is 66.5 Å². The van der Waals surface area contributed by atoms with Crippen LogP contribution in [0.15, 0.2) is 12.4 Å². The molecule has 0 unspecified atom stereocenters. The molecule has 0 aliphatic heterocycles. The summed E-state index contributed by atoms with van der Waals surface area (Å²) < 4.78 is 27.5. The maximum absolute atomic E-state index is 11.9. The lowest BCUT2D eigenvalue weighted by molar-refractivity contribution is 0.249. The van der Waals surface area contributed by atoms with Crippen molar-refractivity contribution in [2.75, 3.05) is 12.8 Å². The molecule has 0 fully saturated rings. The van der Waals surface area contributed by atoms with Crippen LogP contribution < -0.4 is 0 Å². The second-order valence-corrected chi connectivity index (χ2v) is 9.05. The van der Waals surface area contributed by atoms with E-state index in [-0.39, 0.29) is 13.0 Å². The van der Waals surface area contributed by atoms with E-state index in [0.717, 1.165) is 5.82 Å². The van der Waals surface area contributed by atoms with Gasteiger partial charge in [0.15, 0.2) is 0 Å². The summed E-state index contributed by atoms with van der Waals surface area (Å²) in [4.78, 5) is 4.36. The highest BCUT2D eigenvalue weighted by Crippen LogP contribution is 2.20. The van der Waals surface area contributed by atoms with Gasteiger partial charge in [0.25, 0.3) is 0 Å². The van der Waals surface area contributed by atoms with Crippen molar-refractivity contribution in [3.8, 4) is 0 Å². The number of nitrogens with zero attached hydrogens (tertiary/aromatic N) is 3. The van der Waals surface area contributed by atoms with Gasteiger partial charge in [-0.2, -0.15) is 4.31 Å². The van der Waals surface area contributed by atoms with E-state index >= 15 is 0 Å². The van der Waals surface area contributed by atoms with Gasteiger partial charge in [-0.25, -0.2) is 13.4 Å². The van der Waals surface area contributed by atoms with E-state index in [9.17, 15) is 8.42 Å². The molecule has 124 valence electrons. The van der Waals surface area contributed by atoms with Crippen LogP contribution in [0, 0.1) is 0 Å².